The number of rotatable bonds is 10. The molecule has 2 heterocycles. The van der Waals surface area contributed by atoms with E-state index >= 15 is 0 Å². The Morgan fingerprint density at radius 1 is 1.08 bits per heavy atom. The van der Waals surface area contributed by atoms with Crippen LogP contribution in [0.5, 0.6) is 5.75 Å². The second-order valence-electron chi connectivity index (χ2n) is 9.63. The molecule has 0 saturated carbocycles. The van der Waals surface area contributed by atoms with Gasteiger partial charge in [0, 0.05) is 56.4 Å². The van der Waals surface area contributed by atoms with Crippen LogP contribution in [0, 0.1) is 0 Å². The van der Waals surface area contributed by atoms with Crippen LogP contribution >= 0.6 is 11.6 Å². The summed E-state index contributed by atoms with van der Waals surface area (Å²) in [6.45, 7) is 6.92. The summed E-state index contributed by atoms with van der Waals surface area (Å²) in [7, 11) is 5.34. The molecule has 2 aromatic heterocycles. The van der Waals surface area contributed by atoms with E-state index in [9.17, 15) is 4.79 Å². The van der Waals surface area contributed by atoms with E-state index in [0.29, 0.717) is 18.4 Å². The second kappa shape index (κ2) is 12.6. The molecular formula is C27H35ClN6O3. The molecule has 0 fully saturated rings. The van der Waals surface area contributed by atoms with Crippen LogP contribution in [0.4, 0.5) is 22.2 Å². The van der Waals surface area contributed by atoms with Crippen molar-refractivity contribution in [2.75, 3.05) is 44.5 Å². The molecule has 0 aliphatic heterocycles. The molecule has 0 atom stereocenters. The van der Waals surface area contributed by atoms with Crippen LogP contribution in [-0.2, 0) is 10.6 Å². The fourth-order valence-corrected chi connectivity index (χ4v) is 3.73. The third-order valence-corrected chi connectivity index (χ3v) is 5.75. The quantitative estimate of drug-likeness (QED) is 0.335. The third kappa shape index (κ3) is 8.21. The summed E-state index contributed by atoms with van der Waals surface area (Å²) >= 11 is 6.03. The van der Waals surface area contributed by atoms with Gasteiger partial charge in [-0.15, -0.1) is 11.6 Å². The second-order valence-corrected chi connectivity index (χ2v) is 9.90. The lowest BCUT2D eigenvalue weighted by Gasteiger charge is -2.25. The number of anilines is 3. The van der Waals surface area contributed by atoms with Gasteiger partial charge >= 0.3 is 6.09 Å². The Morgan fingerprint density at radius 3 is 2.51 bits per heavy atom. The summed E-state index contributed by atoms with van der Waals surface area (Å²) in [6.07, 6.45) is 3.97. The minimum absolute atomic E-state index is 0.317. The summed E-state index contributed by atoms with van der Waals surface area (Å²) in [6, 6.07) is 11.5. The fourth-order valence-electron chi connectivity index (χ4n) is 3.52. The van der Waals surface area contributed by atoms with Crippen LogP contribution in [0.25, 0.3) is 11.3 Å². The van der Waals surface area contributed by atoms with Crippen molar-refractivity contribution in [3.63, 3.8) is 0 Å². The lowest BCUT2D eigenvalue weighted by molar-refractivity contribution is 0.0298. The maximum Gasteiger partial charge on any atom is 0.410 e. The predicted molar refractivity (Wildman–Crippen MR) is 148 cm³/mol. The normalized spacial score (nSPS) is 11.1. The summed E-state index contributed by atoms with van der Waals surface area (Å²) in [4.78, 5) is 29.3. The van der Waals surface area contributed by atoms with Gasteiger partial charge in [0.1, 0.15) is 17.2 Å². The Labute approximate surface area is 223 Å². The van der Waals surface area contributed by atoms with Gasteiger partial charge in [-0.05, 0) is 63.6 Å². The van der Waals surface area contributed by atoms with E-state index in [1.807, 2.05) is 64.2 Å². The molecule has 0 aliphatic rings. The molecule has 1 amide bonds. The molecule has 37 heavy (non-hydrogen) atoms. The number of benzene rings is 1. The van der Waals surface area contributed by atoms with E-state index < -0.39 is 5.60 Å². The number of nitrogens with zero attached hydrogens (tertiary/aromatic N) is 5. The van der Waals surface area contributed by atoms with Crippen molar-refractivity contribution in [2.45, 2.75) is 38.7 Å². The molecule has 1 aromatic carbocycles. The zero-order chi connectivity index (χ0) is 27.0. The zero-order valence-electron chi connectivity index (χ0n) is 22.3. The maximum absolute atomic E-state index is 12.1. The van der Waals surface area contributed by atoms with Gasteiger partial charge in [-0.1, -0.05) is 0 Å². The van der Waals surface area contributed by atoms with Gasteiger partial charge in [0.2, 0.25) is 5.95 Å². The topological polar surface area (TPSA) is 92.7 Å². The Bertz CT molecular complexity index is 1180. The molecule has 10 heteroatoms. The van der Waals surface area contributed by atoms with Crippen LogP contribution in [0.1, 0.15) is 32.8 Å². The van der Waals surface area contributed by atoms with Crippen molar-refractivity contribution in [3.05, 3.63) is 54.4 Å². The van der Waals surface area contributed by atoms with Gasteiger partial charge in [0.15, 0.2) is 0 Å². The van der Waals surface area contributed by atoms with Crippen molar-refractivity contribution in [2.24, 2.45) is 0 Å². The van der Waals surface area contributed by atoms with Gasteiger partial charge in [-0.2, -0.15) is 0 Å². The molecule has 0 radical (unpaired) electrons. The lowest BCUT2D eigenvalue weighted by atomic mass is 10.2. The molecule has 1 N–H and O–H groups in total. The predicted octanol–water partition coefficient (Wildman–Crippen LogP) is 5.72. The number of amides is 1. The van der Waals surface area contributed by atoms with Gasteiger partial charge in [-0.3, -0.25) is 0 Å². The van der Waals surface area contributed by atoms with Crippen LogP contribution in [0.3, 0.4) is 0 Å². The summed E-state index contributed by atoms with van der Waals surface area (Å²) < 4.78 is 10.7. The highest BCUT2D eigenvalue weighted by Gasteiger charge is 2.19. The number of hydrogen-bond acceptors (Lipinski definition) is 8. The van der Waals surface area contributed by atoms with Crippen molar-refractivity contribution < 1.29 is 14.3 Å². The Kier molecular flexibility index (Phi) is 9.52. The number of nitrogens with one attached hydrogen (secondary N) is 1. The Morgan fingerprint density at radius 2 is 1.86 bits per heavy atom. The van der Waals surface area contributed by atoms with Crippen molar-refractivity contribution in [1.29, 1.82) is 0 Å². The first-order valence-corrected chi connectivity index (χ1v) is 12.6. The standard InChI is InChI=1S/C27H35ClN6O3/c1-27(2,3)37-26(35)34(5)15-7-14-33(4)24-11-8-19(18-30-24)22-12-13-29-25(32-22)31-21-9-10-23(36-6)20(16-21)17-28/h8-13,16,18H,7,14-15,17H2,1-6H3,(H,29,31,32). The van der Waals surface area contributed by atoms with E-state index in [1.165, 1.54) is 0 Å². The molecule has 0 unspecified atom stereocenters. The molecule has 0 saturated heterocycles. The first-order chi connectivity index (χ1) is 17.6. The minimum atomic E-state index is -0.502. The molecule has 0 spiro atoms. The summed E-state index contributed by atoms with van der Waals surface area (Å²) in [5, 5.41) is 3.22. The average Bonchev–Trinajstić information content (AvgIpc) is 2.87. The Hall–Kier alpha value is -3.59. The van der Waals surface area contributed by atoms with Crippen LogP contribution < -0.4 is 15.0 Å². The van der Waals surface area contributed by atoms with E-state index in [-0.39, 0.29) is 6.09 Å². The number of carbonyl (C=O) groups excluding carboxylic acids is 1. The van der Waals surface area contributed by atoms with Crippen molar-refractivity contribution in [3.8, 4) is 17.0 Å². The average molecular weight is 527 g/mol. The van der Waals surface area contributed by atoms with Gasteiger partial charge in [0.05, 0.1) is 18.7 Å². The molecule has 3 rings (SSSR count). The third-order valence-electron chi connectivity index (χ3n) is 5.46. The highest BCUT2D eigenvalue weighted by Crippen LogP contribution is 2.26. The maximum atomic E-state index is 12.1. The Balaban J connectivity index is 1.58. The smallest absolute Gasteiger partial charge is 0.410 e. The molecule has 0 aliphatic carbocycles. The minimum Gasteiger partial charge on any atom is -0.496 e. The number of halogens is 1. The van der Waals surface area contributed by atoms with Crippen LogP contribution in [-0.4, -0.2) is 65.8 Å². The first-order valence-electron chi connectivity index (χ1n) is 12.0. The number of ether oxygens (including phenoxy) is 2. The summed E-state index contributed by atoms with van der Waals surface area (Å²) in [5.74, 6) is 2.38. The molecule has 198 valence electrons. The molecular weight excluding hydrogens is 492 g/mol. The SMILES string of the molecule is COc1ccc(Nc2nccc(-c3ccc(N(C)CCCN(C)C(=O)OC(C)(C)C)nc3)n2)cc1CCl. The highest BCUT2D eigenvalue weighted by molar-refractivity contribution is 6.17. The van der Waals surface area contributed by atoms with Crippen molar-refractivity contribution >= 4 is 35.1 Å². The number of hydrogen-bond donors (Lipinski definition) is 1. The fraction of sp³-hybridized carbons (Fsp3) is 0.407. The molecule has 3 aromatic rings. The number of carbonyl (C=O) groups is 1. The van der Waals surface area contributed by atoms with Gasteiger partial charge in [0.25, 0.3) is 0 Å². The number of alkyl halides is 1. The highest BCUT2D eigenvalue weighted by atomic mass is 35.5. The largest absolute Gasteiger partial charge is 0.496 e. The van der Waals surface area contributed by atoms with E-state index in [1.54, 1.807) is 31.5 Å². The zero-order valence-corrected chi connectivity index (χ0v) is 23.0. The summed E-state index contributed by atoms with van der Waals surface area (Å²) in [5.41, 5.74) is 2.83. The number of methoxy groups -OCH3 is 1. The van der Waals surface area contributed by atoms with Crippen LogP contribution in [0.15, 0.2) is 48.8 Å². The first kappa shape index (κ1) is 28.0. The number of pyridine rings is 1. The number of aromatic nitrogens is 3. The van der Waals surface area contributed by atoms with E-state index in [0.717, 1.165) is 47.0 Å². The van der Waals surface area contributed by atoms with Gasteiger partial charge < -0.3 is 24.6 Å². The van der Waals surface area contributed by atoms with Crippen LogP contribution in [0.2, 0.25) is 0 Å². The molecule has 9 nitrogen and oxygen atoms in total. The lowest BCUT2D eigenvalue weighted by Crippen LogP contribution is -2.35. The van der Waals surface area contributed by atoms with Gasteiger partial charge in [-0.25, -0.2) is 19.7 Å². The van der Waals surface area contributed by atoms with E-state index in [4.69, 9.17) is 21.1 Å². The van der Waals surface area contributed by atoms with E-state index in [2.05, 4.69) is 25.2 Å². The van der Waals surface area contributed by atoms with Crippen molar-refractivity contribution in [1.82, 2.24) is 19.9 Å². The molecule has 0 bridgehead atoms. The monoisotopic (exact) mass is 526 g/mol.